The zero-order valence-electron chi connectivity index (χ0n) is 10.9. The zero-order valence-corrected chi connectivity index (χ0v) is 10.9. The number of fused-ring (bicyclic) bond motifs is 1. The Balaban J connectivity index is 2.78. The normalized spacial score (nSPS) is 12.4. The van der Waals surface area contributed by atoms with E-state index in [2.05, 4.69) is 9.72 Å². The first-order chi connectivity index (χ1) is 8.95. The van der Waals surface area contributed by atoms with E-state index in [1.807, 2.05) is 0 Å². The summed E-state index contributed by atoms with van der Waals surface area (Å²) in [5.74, 6) is -1.42. The first kappa shape index (κ1) is 13.3. The molecular formula is C14H14FNO3. The van der Waals surface area contributed by atoms with Crippen LogP contribution in [-0.2, 0) is 9.53 Å². The summed E-state index contributed by atoms with van der Waals surface area (Å²) in [5.41, 5.74) is 0.937. The van der Waals surface area contributed by atoms with Crippen molar-refractivity contribution < 1.29 is 13.9 Å². The lowest BCUT2D eigenvalue weighted by molar-refractivity contribution is -0.141. The number of carbonyl (C=O) groups excluding carboxylic acids is 1. The predicted molar refractivity (Wildman–Crippen MR) is 69.7 cm³/mol. The van der Waals surface area contributed by atoms with E-state index >= 15 is 0 Å². The highest BCUT2D eigenvalue weighted by Gasteiger charge is 2.20. The molecule has 0 amide bonds. The maximum Gasteiger partial charge on any atom is 0.312 e. The molecule has 1 aromatic carbocycles. The minimum atomic E-state index is -0.584. The monoisotopic (exact) mass is 263 g/mol. The first-order valence-corrected chi connectivity index (χ1v) is 5.85. The Hall–Kier alpha value is -2.17. The van der Waals surface area contributed by atoms with Crippen LogP contribution in [-0.4, -0.2) is 18.1 Å². The van der Waals surface area contributed by atoms with Gasteiger partial charge in [0.2, 0.25) is 5.56 Å². The molecule has 0 saturated carbocycles. The van der Waals surface area contributed by atoms with Crippen LogP contribution in [0.3, 0.4) is 0 Å². The summed E-state index contributed by atoms with van der Waals surface area (Å²) in [6.45, 7) is 3.24. The number of esters is 1. The summed E-state index contributed by atoms with van der Waals surface area (Å²) in [6.07, 6.45) is 0. The highest BCUT2D eigenvalue weighted by molar-refractivity contribution is 5.90. The van der Waals surface area contributed by atoms with Gasteiger partial charge >= 0.3 is 5.97 Å². The number of aromatic amines is 1. The van der Waals surface area contributed by atoms with Crippen LogP contribution in [0.2, 0.25) is 0 Å². The van der Waals surface area contributed by atoms with Gasteiger partial charge in [-0.3, -0.25) is 9.59 Å². The Morgan fingerprint density at radius 3 is 2.74 bits per heavy atom. The smallest absolute Gasteiger partial charge is 0.312 e. The van der Waals surface area contributed by atoms with Crippen LogP contribution in [0.4, 0.5) is 4.39 Å². The van der Waals surface area contributed by atoms with Crippen LogP contribution < -0.4 is 5.56 Å². The van der Waals surface area contributed by atoms with Crippen LogP contribution in [0.15, 0.2) is 23.0 Å². The van der Waals surface area contributed by atoms with Gasteiger partial charge in [0, 0.05) is 17.0 Å². The van der Waals surface area contributed by atoms with E-state index in [9.17, 15) is 14.0 Å². The number of methoxy groups -OCH3 is 1. The quantitative estimate of drug-likeness (QED) is 0.845. The molecule has 0 aliphatic rings. The second-order valence-electron chi connectivity index (χ2n) is 4.43. The van der Waals surface area contributed by atoms with Crippen LogP contribution in [0.25, 0.3) is 10.9 Å². The van der Waals surface area contributed by atoms with Crippen LogP contribution >= 0.6 is 0 Å². The van der Waals surface area contributed by atoms with Crippen LogP contribution in [0.1, 0.15) is 24.0 Å². The SMILES string of the molecule is COC(=O)C(C)c1cc(=O)[nH]c2c(C)c(F)ccc12. The Morgan fingerprint density at radius 2 is 2.11 bits per heavy atom. The molecule has 4 nitrogen and oxygen atoms in total. The van der Waals surface area contributed by atoms with E-state index in [1.54, 1.807) is 19.9 Å². The average Bonchev–Trinajstić information content (AvgIpc) is 2.41. The van der Waals surface area contributed by atoms with Gasteiger partial charge in [0.15, 0.2) is 0 Å². The largest absolute Gasteiger partial charge is 0.469 e. The minimum Gasteiger partial charge on any atom is -0.469 e. The molecule has 0 aliphatic carbocycles. The van der Waals surface area contributed by atoms with Crippen molar-refractivity contribution in [2.75, 3.05) is 7.11 Å². The number of rotatable bonds is 2. The van der Waals surface area contributed by atoms with Crippen molar-refractivity contribution in [1.82, 2.24) is 4.98 Å². The van der Waals surface area contributed by atoms with Gasteiger partial charge in [-0.25, -0.2) is 4.39 Å². The summed E-state index contributed by atoms with van der Waals surface area (Å²) < 4.78 is 18.2. The molecule has 0 fully saturated rings. The standard InChI is InChI=1S/C14H14FNO3/c1-7(14(18)19-3)10-6-12(17)16-13-8(2)11(15)5-4-9(10)13/h4-7H,1-3H3,(H,16,17). The molecule has 100 valence electrons. The summed E-state index contributed by atoms with van der Waals surface area (Å²) >= 11 is 0. The maximum atomic E-state index is 13.5. The van der Waals surface area contributed by atoms with Gasteiger partial charge in [0.1, 0.15) is 5.82 Å². The highest BCUT2D eigenvalue weighted by Crippen LogP contribution is 2.26. The summed E-state index contributed by atoms with van der Waals surface area (Å²) in [4.78, 5) is 25.9. The van der Waals surface area contributed by atoms with Crippen molar-refractivity contribution in [2.45, 2.75) is 19.8 Å². The van der Waals surface area contributed by atoms with Gasteiger partial charge in [-0.2, -0.15) is 0 Å². The fraction of sp³-hybridized carbons (Fsp3) is 0.286. The number of H-pyrrole nitrogens is 1. The summed E-state index contributed by atoms with van der Waals surface area (Å²) in [7, 11) is 1.29. The molecule has 1 aromatic heterocycles. The third kappa shape index (κ3) is 2.23. The maximum absolute atomic E-state index is 13.5. The fourth-order valence-corrected chi connectivity index (χ4v) is 2.13. The molecule has 2 rings (SSSR count). The number of hydrogen-bond acceptors (Lipinski definition) is 3. The molecule has 1 atom stereocenters. The van der Waals surface area contributed by atoms with Gasteiger partial charge < -0.3 is 9.72 Å². The summed E-state index contributed by atoms with van der Waals surface area (Å²) in [6, 6.07) is 4.23. The van der Waals surface area contributed by atoms with Crippen molar-refractivity contribution in [3.05, 3.63) is 45.5 Å². The lowest BCUT2D eigenvalue weighted by atomic mass is 9.96. The molecule has 0 bridgehead atoms. The second-order valence-corrected chi connectivity index (χ2v) is 4.43. The van der Waals surface area contributed by atoms with Gasteiger partial charge in [0.25, 0.3) is 0 Å². The molecule has 2 aromatic rings. The van der Waals surface area contributed by atoms with Gasteiger partial charge in [-0.05, 0) is 31.5 Å². The molecule has 5 heteroatoms. The van der Waals surface area contributed by atoms with E-state index in [4.69, 9.17) is 0 Å². The Morgan fingerprint density at radius 1 is 1.42 bits per heavy atom. The molecule has 1 unspecified atom stereocenters. The van der Waals surface area contributed by atoms with Crippen LogP contribution in [0, 0.1) is 12.7 Å². The molecular weight excluding hydrogens is 249 g/mol. The predicted octanol–water partition coefficient (Wildman–Crippen LogP) is 2.25. The van der Waals surface area contributed by atoms with Crippen molar-refractivity contribution in [3.63, 3.8) is 0 Å². The molecule has 0 aliphatic heterocycles. The third-order valence-corrected chi connectivity index (χ3v) is 3.27. The number of ether oxygens (including phenoxy) is 1. The molecule has 19 heavy (non-hydrogen) atoms. The second kappa shape index (κ2) is 4.84. The van der Waals surface area contributed by atoms with Crippen molar-refractivity contribution in [3.8, 4) is 0 Å². The number of aryl methyl sites for hydroxylation is 1. The number of nitrogens with one attached hydrogen (secondary N) is 1. The van der Waals surface area contributed by atoms with Crippen molar-refractivity contribution in [1.29, 1.82) is 0 Å². The highest BCUT2D eigenvalue weighted by atomic mass is 19.1. The fourth-order valence-electron chi connectivity index (χ4n) is 2.13. The van der Waals surface area contributed by atoms with Crippen molar-refractivity contribution in [2.24, 2.45) is 0 Å². The lowest BCUT2D eigenvalue weighted by Crippen LogP contribution is -2.15. The van der Waals surface area contributed by atoms with Gasteiger partial charge in [-0.15, -0.1) is 0 Å². The molecule has 1 heterocycles. The number of hydrogen-bond donors (Lipinski definition) is 1. The number of benzene rings is 1. The zero-order chi connectivity index (χ0) is 14.2. The van der Waals surface area contributed by atoms with Crippen molar-refractivity contribution >= 4 is 16.9 Å². The Bertz CT molecular complexity index is 706. The average molecular weight is 263 g/mol. The van der Waals surface area contributed by atoms with E-state index in [1.165, 1.54) is 19.2 Å². The van der Waals surface area contributed by atoms with Gasteiger partial charge in [-0.1, -0.05) is 0 Å². The summed E-state index contributed by atoms with van der Waals surface area (Å²) in [5, 5.41) is 0.649. The molecule has 1 N–H and O–H groups in total. The number of halogens is 1. The lowest BCUT2D eigenvalue weighted by Gasteiger charge is -2.13. The molecule has 0 spiro atoms. The topological polar surface area (TPSA) is 59.2 Å². The minimum absolute atomic E-state index is 0.355. The number of carbonyl (C=O) groups is 1. The third-order valence-electron chi connectivity index (χ3n) is 3.27. The first-order valence-electron chi connectivity index (χ1n) is 5.85. The van der Waals surface area contributed by atoms with E-state index in [0.29, 0.717) is 22.0 Å². The van der Waals surface area contributed by atoms with E-state index in [0.717, 1.165) is 0 Å². The Kier molecular flexibility index (Phi) is 3.38. The molecule has 0 radical (unpaired) electrons. The number of aromatic nitrogens is 1. The Labute approximate surface area is 109 Å². The molecule has 0 saturated heterocycles. The number of pyridine rings is 1. The van der Waals surface area contributed by atoms with Gasteiger partial charge in [0.05, 0.1) is 18.5 Å². The van der Waals surface area contributed by atoms with E-state index < -0.39 is 17.7 Å². The van der Waals surface area contributed by atoms with Crippen LogP contribution in [0.5, 0.6) is 0 Å². The van der Waals surface area contributed by atoms with E-state index in [-0.39, 0.29) is 5.56 Å².